The first kappa shape index (κ1) is 15.1. The third-order valence-corrected chi connectivity index (χ3v) is 2.49. The van der Waals surface area contributed by atoms with Crippen molar-refractivity contribution in [3.05, 3.63) is 29.8 Å². The molecule has 0 spiro atoms. The maximum Gasteiger partial charge on any atom is 0.314 e. The van der Waals surface area contributed by atoms with Crippen LogP contribution in [0.1, 0.15) is 26.7 Å². The second-order valence-electron chi connectivity index (χ2n) is 3.77. The number of hydrogen-bond acceptors (Lipinski definition) is 1. The smallest absolute Gasteiger partial charge is 0.314 e. The highest BCUT2D eigenvalue weighted by molar-refractivity contribution is 6.00. The van der Waals surface area contributed by atoms with Crippen LogP contribution in [0, 0.1) is 0 Å². The van der Waals surface area contributed by atoms with Gasteiger partial charge in [0.15, 0.2) is 0 Å². The summed E-state index contributed by atoms with van der Waals surface area (Å²) in [5, 5.41) is 0. The Morgan fingerprint density at radius 3 is 2.06 bits per heavy atom. The van der Waals surface area contributed by atoms with Gasteiger partial charge in [0.05, 0.1) is 0 Å². The zero-order valence-electron chi connectivity index (χ0n) is 9.97. The Hall–Kier alpha value is -0.890. The first-order valence-electron chi connectivity index (χ1n) is 5.64. The molecular formula is C12H20ClN3. The fourth-order valence-electron chi connectivity index (χ4n) is 1.81. The number of rotatable bonds is 5. The molecule has 0 N–H and O–H groups in total. The van der Waals surface area contributed by atoms with Gasteiger partial charge in [-0.3, -0.25) is 4.90 Å². The summed E-state index contributed by atoms with van der Waals surface area (Å²) >= 11 is 0. The van der Waals surface area contributed by atoms with Crippen LogP contribution in [-0.4, -0.2) is 34.5 Å². The molecule has 0 aromatic carbocycles. The SMILES string of the molecule is CCCN(CCC)C1C=CC(=[N+]=[N-])C=C1.Cl. The molecule has 0 saturated carbocycles. The Morgan fingerprint density at radius 2 is 1.69 bits per heavy atom. The van der Waals surface area contributed by atoms with Crippen molar-refractivity contribution in [2.75, 3.05) is 13.1 Å². The van der Waals surface area contributed by atoms with Crippen molar-refractivity contribution in [1.29, 1.82) is 0 Å². The van der Waals surface area contributed by atoms with Crippen molar-refractivity contribution in [3.8, 4) is 0 Å². The molecule has 90 valence electrons. The van der Waals surface area contributed by atoms with E-state index in [0.717, 1.165) is 13.1 Å². The van der Waals surface area contributed by atoms with E-state index in [0.29, 0.717) is 11.8 Å². The Labute approximate surface area is 104 Å². The third-order valence-electron chi connectivity index (χ3n) is 2.49. The lowest BCUT2D eigenvalue weighted by Crippen LogP contribution is -2.35. The fraction of sp³-hybridized carbons (Fsp3) is 0.583. The van der Waals surface area contributed by atoms with E-state index >= 15 is 0 Å². The lowest BCUT2D eigenvalue weighted by molar-refractivity contribution is -0.00174. The van der Waals surface area contributed by atoms with E-state index in [1.165, 1.54) is 12.8 Å². The van der Waals surface area contributed by atoms with E-state index < -0.39 is 0 Å². The van der Waals surface area contributed by atoms with Crippen LogP contribution in [-0.2, 0) is 0 Å². The fourth-order valence-corrected chi connectivity index (χ4v) is 1.81. The van der Waals surface area contributed by atoms with Gasteiger partial charge in [-0.25, -0.2) is 0 Å². The molecule has 4 heteroatoms. The van der Waals surface area contributed by atoms with Crippen molar-refractivity contribution >= 4 is 18.1 Å². The van der Waals surface area contributed by atoms with Gasteiger partial charge in [-0.1, -0.05) is 26.0 Å². The highest BCUT2D eigenvalue weighted by atomic mass is 35.5. The molecule has 0 radical (unpaired) electrons. The average Bonchev–Trinajstić information content (AvgIpc) is 2.29. The van der Waals surface area contributed by atoms with Crippen LogP contribution in [0.4, 0.5) is 0 Å². The van der Waals surface area contributed by atoms with Crippen LogP contribution in [0.25, 0.3) is 5.53 Å². The first-order chi connectivity index (χ1) is 7.31. The van der Waals surface area contributed by atoms with Crippen LogP contribution in [0.2, 0.25) is 0 Å². The lowest BCUT2D eigenvalue weighted by Gasteiger charge is -2.27. The highest BCUT2D eigenvalue weighted by Gasteiger charge is 2.15. The van der Waals surface area contributed by atoms with E-state index in [1.807, 2.05) is 12.2 Å². The number of allylic oxidation sites excluding steroid dienone is 2. The Morgan fingerprint density at radius 1 is 1.19 bits per heavy atom. The van der Waals surface area contributed by atoms with Gasteiger partial charge in [-0.15, -0.1) is 12.4 Å². The molecule has 16 heavy (non-hydrogen) atoms. The summed E-state index contributed by atoms with van der Waals surface area (Å²) < 4.78 is 0. The predicted molar refractivity (Wildman–Crippen MR) is 70.1 cm³/mol. The molecule has 0 atom stereocenters. The summed E-state index contributed by atoms with van der Waals surface area (Å²) in [6.07, 6.45) is 10.2. The van der Waals surface area contributed by atoms with Crippen molar-refractivity contribution in [2.24, 2.45) is 0 Å². The predicted octanol–water partition coefficient (Wildman–Crippen LogP) is 2.70. The summed E-state index contributed by atoms with van der Waals surface area (Å²) in [6.45, 7) is 6.61. The Kier molecular flexibility index (Phi) is 7.82. The average molecular weight is 242 g/mol. The van der Waals surface area contributed by atoms with Gasteiger partial charge in [0.25, 0.3) is 0 Å². The Bertz CT molecular complexity index is 281. The maximum absolute atomic E-state index is 8.59. The second kappa shape index (κ2) is 8.28. The van der Waals surface area contributed by atoms with E-state index in [1.54, 1.807) is 0 Å². The van der Waals surface area contributed by atoms with Gasteiger partial charge in [0.2, 0.25) is 0 Å². The maximum atomic E-state index is 8.59. The summed E-state index contributed by atoms with van der Waals surface area (Å²) in [6, 6.07) is 0.357. The molecule has 0 heterocycles. The van der Waals surface area contributed by atoms with Gasteiger partial charge in [0, 0.05) is 18.2 Å². The van der Waals surface area contributed by atoms with Crippen LogP contribution in [0.5, 0.6) is 0 Å². The minimum absolute atomic E-state index is 0. The van der Waals surface area contributed by atoms with Gasteiger partial charge in [-0.05, 0) is 25.9 Å². The number of nitrogens with zero attached hydrogens (tertiary/aromatic N) is 3. The van der Waals surface area contributed by atoms with Crippen LogP contribution in [0.15, 0.2) is 24.3 Å². The number of hydrogen-bond donors (Lipinski definition) is 0. The van der Waals surface area contributed by atoms with E-state index in [-0.39, 0.29) is 12.4 Å². The zero-order chi connectivity index (χ0) is 11.1. The molecule has 0 fully saturated rings. The standard InChI is InChI=1S/C12H19N3.ClH/c1-3-9-15(10-4-2)12-7-5-11(14-13)6-8-12;/h5-8,12H,3-4,9-10H2,1-2H3;1H. The molecule has 0 bridgehead atoms. The number of halogens is 1. The first-order valence-corrected chi connectivity index (χ1v) is 5.64. The molecular weight excluding hydrogens is 222 g/mol. The van der Waals surface area contributed by atoms with Crippen molar-refractivity contribution in [3.63, 3.8) is 0 Å². The van der Waals surface area contributed by atoms with Gasteiger partial charge >= 0.3 is 5.71 Å². The molecule has 1 aliphatic rings. The van der Waals surface area contributed by atoms with Crippen molar-refractivity contribution < 1.29 is 4.79 Å². The Balaban J connectivity index is 0.00000225. The molecule has 0 aliphatic heterocycles. The summed E-state index contributed by atoms with van der Waals surface area (Å²) in [7, 11) is 0. The highest BCUT2D eigenvalue weighted by Crippen LogP contribution is 2.09. The lowest BCUT2D eigenvalue weighted by atomic mass is 10.1. The molecule has 0 aromatic heterocycles. The van der Waals surface area contributed by atoms with Gasteiger partial charge in [0.1, 0.15) is 0 Å². The monoisotopic (exact) mass is 241 g/mol. The van der Waals surface area contributed by atoms with Gasteiger partial charge < -0.3 is 5.53 Å². The summed E-state index contributed by atoms with van der Waals surface area (Å²) in [4.78, 5) is 5.59. The molecule has 1 aliphatic carbocycles. The summed E-state index contributed by atoms with van der Waals surface area (Å²) in [5.74, 6) is 0. The van der Waals surface area contributed by atoms with Crippen molar-refractivity contribution in [2.45, 2.75) is 32.7 Å². The van der Waals surface area contributed by atoms with Crippen molar-refractivity contribution in [1.82, 2.24) is 4.90 Å². The second-order valence-corrected chi connectivity index (χ2v) is 3.77. The zero-order valence-corrected chi connectivity index (χ0v) is 10.8. The topological polar surface area (TPSA) is 39.6 Å². The molecule has 0 saturated heterocycles. The molecule has 0 aromatic rings. The molecule has 1 rings (SSSR count). The largest absolute Gasteiger partial charge is 0.361 e. The van der Waals surface area contributed by atoms with Crippen LogP contribution >= 0.6 is 12.4 Å². The normalized spacial score (nSPS) is 18.4. The third kappa shape index (κ3) is 4.31. The van der Waals surface area contributed by atoms with Crippen LogP contribution in [0.3, 0.4) is 0 Å². The van der Waals surface area contributed by atoms with E-state index in [9.17, 15) is 0 Å². The van der Waals surface area contributed by atoms with E-state index in [2.05, 4.69) is 35.7 Å². The van der Waals surface area contributed by atoms with E-state index in [4.69, 9.17) is 5.53 Å². The molecule has 0 amide bonds. The minimum atomic E-state index is 0. The summed E-state index contributed by atoms with van der Waals surface area (Å²) in [5.41, 5.74) is 9.22. The minimum Gasteiger partial charge on any atom is -0.361 e. The molecule has 0 unspecified atom stereocenters. The van der Waals surface area contributed by atoms with Crippen LogP contribution < -0.4 is 0 Å². The molecule has 3 nitrogen and oxygen atoms in total. The van der Waals surface area contributed by atoms with Gasteiger partial charge in [-0.2, -0.15) is 4.79 Å². The quantitative estimate of drug-likeness (QED) is 0.539.